The van der Waals surface area contributed by atoms with E-state index in [0.29, 0.717) is 23.5 Å². The Balaban J connectivity index is 1.60. The van der Waals surface area contributed by atoms with E-state index < -0.39 is 6.04 Å². The molecular formula is C24H22N4O3. The zero-order valence-corrected chi connectivity index (χ0v) is 17.3. The molecule has 0 radical (unpaired) electrons. The molecule has 1 atom stereocenters. The van der Waals surface area contributed by atoms with Gasteiger partial charge in [0.25, 0.3) is 5.56 Å². The average molecular weight is 414 g/mol. The summed E-state index contributed by atoms with van der Waals surface area (Å²) in [7, 11) is 0. The lowest BCUT2D eigenvalue weighted by Crippen LogP contribution is -2.33. The number of aromatic nitrogens is 3. The highest BCUT2D eigenvalue weighted by Gasteiger charge is 2.19. The molecule has 0 aliphatic carbocycles. The minimum atomic E-state index is -0.811. The summed E-state index contributed by atoms with van der Waals surface area (Å²) in [4.78, 5) is 29.7. The van der Waals surface area contributed by atoms with Gasteiger partial charge in [0.05, 0.1) is 23.5 Å². The van der Waals surface area contributed by atoms with Gasteiger partial charge in [0.1, 0.15) is 11.8 Å². The van der Waals surface area contributed by atoms with E-state index in [1.807, 2.05) is 55.5 Å². The first-order valence-electron chi connectivity index (χ1n) is 10.0. The summed E-state index contributed by atoms with van der Waals surface area (Å²) in [5.41, 5.74) is 2.34. The maximum atomic E-state index is 12.9. The van der Waals surface area contributed by atoms with E-state index in [-0.39, 0.29) is 11.5 Å². The first-order chi connectivity index (χ1) is 15.1. The number of benzene rings is 2. The molecule has 2 aromatic carbocycles. The molecule has 2 heterocycles. The number of rotatable bonds is 6. The van der Waals surface area contributed by atoms with Gasteiger partial charge in [-0.3, -0.25) is 14.6 Å². The third kappa shape index (κ3) is 4.30. The minimum Gasteiger partial charge on any atom is -0.494 e. The molecule has 0 spiro atoms. The number of para-hydroxylation sites is 1. The van der Waals surface area contributed by atoms with Gasteiger partial charge in [0.15, 0.2) is 0 Å². The Bertz CT molecular complexity index is 1280. The standard InChI is InChI=1S/C24H22N4O3/c1-3-31-19-11-9-17(10-12-19)20-13-14-22(29)28(27-20)16(2)24(30)26-21-8-4-6-18-7-5-15-25-23(18)21/h4-16H,3H2,1-2H3,(H,26,30). The zero-order valence-electron chi connectivity index (χ0n) is 17.3. The number of fused-ring (bicyclic) bond motifs is 1. The Labute approximate surface area is 179 Å². The van der Waals surface area contributed by atoms with Crippen LogP contribution < -0.4 is 15.6 Å². The largest absolute Gasteiger partial charge is 0.494 e. The molecular weight excluding hydrogens is 392 g/mol. The van der Waals surface area contributed by atoms with Crippen LogP contribution in [0.4, 0.5) is 5.69 Å². The highest BCUT2D eigenvalue weighted by atomic mass is 16.5. The molecule has 0 aliphatic rings. The van der Waals surface area contributed by atoms with E-state index in [2.05, 4.69) is 15.4 Å². The fourth-order valence-corrected chi connectivity index (χ4v) is 3.30. The molecule has 7 nitrogen and oxygen atoms in total. The predicted molar refractivity (Wildman–Crippen MR) is 120 cm³/mol. The molecule has 156 valence electrons. The minimum absolute atomic E-state index is 0.350. The quantitative estimate of drug-likeness (QED) is 0.514. The van der Waals surface area contributed by atoms with Crippen LogP contribution in [0.15, 0.2) is 77.7 Å². The van der Waals surface area contributed by atoms with Crippen LogP contribution in [0.5, 0.6) is 5.75 Å². The highest BCUT2D eigenvalue weighted by Crippen LogP contribution is 2.23. The Hall–Kier alpha value is -4.00. The second kappa shape index (κ2) is 8.79. The molecule has 1 unspecified atom stereocenters. The SMILES string of the molecule is CCOc1ccc(-c2ccc(=O)n(C(C)C(=O)Nc3cccc4cccnc34)n2)cc1. The lowest BCUT2D eigenvalue weighted by Gasteiger charge is -2.16. The molecule has 0 fully saturated rings. The van der Waals surface area contributed by atoms with Crippen molar-refractivity contribution in [2.24, 2.45) is 0 Å². The van der Waals surface area contributed by atoms with Crippen molar-refractivity contribution in [2.75, 3.05) is 11.9 Å². The molecule has 4 aromatic rings. The van der Waals surface area contributed by atoms with Gasteiger partial charge < -0.3 is 10.1 Å². The average Bonchev–Trinajstić information content (AvgIpc) is 2.80. The van der Waals surface area contributed by atoms with Crippen LogP contribution in [0.2, 0.25) is 0 Å². The third-order valence-corrected chi connectivity index (χ3v) is 4.92. The number of hydrogen-bond acceptors (Lipinski definition) is 5. The molecule has 0 saturated carbocycles. The van der Waals surface area contributed by atoms with Gasteiger partial charge in [-0.2, -0.15) is 5.10 Å². The molecule has 0 saturated heterocycles. The number of anilines is 1. The van der Waals surface area contributed by atoms with Gasteiger partial charge in [-0.15, -0.1) is 0 Å². The Kier molecular flexibility index (Phi) is 5.75. The van der Waals surface area contributed by atoms with E-state index >= 15 is 0 Å². The van der Waals surface area contributed by atoms with Crippen LogP contribution in [0.3, 0.4) is 0 Å². The monoisotopic (exact) mass is 414 g/mol. The predicted octanol–water partition coefficient (Wildman–Crippen LogP) is 4.06. The molecule has 31 heavy (non-hydrogen) atoms. The van der Waals surface area contributed by atoms with Crippen LogP contribution in [0.1, 0.15) is 19.9 Å². The number of carbonyl (C=O) groups excluding carboxylic acids is 1. The second-order valence-electron chi connectivity index (χ2n) is 7.00. The normalized spacial score (nSPS) is 11.8. The van der Waals surface area contributed by atoms with E-state index in [1.165, 1.54) is 10.7 Å². The fourth-order valence-electron chi connectivity index (χ4n) is 3.30. The number of nitrogens with zero attached hydrogens (tertiary/aromatic N) is 3. The molecule has 0 bridgehead atoms. The second-order valence-corrected chi connectivity index (χ2v) is 7.00. The first-order valence-corrected chi connectivity index (χ1v) is 10.0. The van der Waals surface area contributed by atoms with Gasteiger partial charge in [-0.05, 0) is 56.3 Å². The van der Waals surface area contributed by atoms with Crippen LogP contribution >= 0.6 is 0 Å². The van der Waals surface area contributed by atoms with Gasteiger partial charge in [0.2, 0.25) is 5.91 Å². The van der Waals surface area contributed by atoms with Crippen LogP contribution in [-0.4, -0.2) is 27.3 Å². The molecule has 2 aromatic heterocycles. The Morgan fingerprint density at radius 2 is 1.84 bits per heavy atom. The van der Waals surface area contributed by atoms with Gasteiger partial charge in [-0.25, -0.2) is 4.68 Å². The lowest BCUT2D eigenvalue weighted by atomic mass is 10.1. The van der Waals surface area contributed by atoms with Gasteiger partial charge in [0, 0.05) is 23.2 Å². The van der Waals surface area contributed by atoms with Crippen molar-refractivity contribution in [2.45, 2.75) is 19.9 Å². The maximum Gasteiger partial charge on any atom is 0.267 e. The zero-order chi connectivity index (χ0) is 21.8. The topological polar surface area (TPSA) is 86.1 Å². The van der Waals surface area contributed by atoms with E-state index in [4.69, 9.17) is 4.74 Å². The summed E-state index contributed by atoms with van der Waals surface area (Å²) in [6, 6.07) is 19.0. The number of pyridine rings is 1. The Morgan fingerprint density at radius 1 is 1.06 bits per heavy atom. The van der Waals surface area contributed by atoms with Gasteiger partial charge in [-0.1, -0.05) is 18.2 Å². The van der Waals surface area contributed by atoms with E-state index in [1.54, 1.807) is 25.3 Å². The third-order valence-electron chi connectivity index (χ3n) is 4.92. The fraction of sp³-hybridized carbons (Fsp3) is 0.167. The summed E-state index contributed by atoms with van der Waals surface area (Å²) in [6.07, 6.45) is 1.67. The summed E-state index contributed by atoms with van der Waals surface area (Å²) >= 11 is 0. The Morgan fingerprint density at radius 3 is 2.61 bits per heavy atom. The van der Waals surface area contributed by atoms with Crippen LogP contribution in [-0.2, 0) is 4.79 Å². The van der Waals surface area contributed by atoms with Crippen molar-refractivity contribution in [1.29, 1.82) is 0 Å². The van der Waals surface area contributed by atoms with Gasteiger partial charge >= 0.3 is 0 Å². The number of carbonyl (C=O) groups is 1. The molecule has 4 rings (SSSR count). The van der Waals surface area contributed by atoms with Crippen molar-refractivity contribution in [3.8, 4) is 17.0 Å². The number of hydrogen-bond donors (Lipinski definition) is 1. The molecule has 1 N–H and O–H groups in total. The summed E-state index contributed by atoms with van der Waals surface area (Å²) in [5, 5.41) is 8.22. The summed E-state index contributed by atoms with van der Waals surface area (Å²) in [6.45, 7) is 4.15. The van der Waals surface area contributed by atoms with E-state index in [0.717, 1.165) is 16.7 Å². The molecule has 1 amide bonds. The highest BCUT2D eigenvalue weighted by molar-refractivity contribution is 6.01. The maximum absolute atomic E-state index is 12.9. The number of ether oxygens (including phenoxy) is 1. The van der Waals surface area contributed by atoms with E-state index in [9.17, 15) is 9.59 Å². The van der Waals surface area contributed by atoms with Crippen molar-refractivity contribution in [3.05, 3.63) is 83.3 Å². The van der Waals surface area contributed by atoms with Crippen molar-refractivity contribution in [3.63, 3.8) is 0 Å². The van der Waals surface area contributed by atoms with Crippen LogP contribution in [0, 0.1) is 0 Å². The smallest absolute Gasteiger partial charge is 0.267 e. The van der Waals surface area contributed by atoms with Crippen molar-refractivity contribution in [1.82, 2.24) is 14.8 Å². The first kappa shape index (κ1) is 20.3. The molecule has 0 aliphatic heterocycles. The lowest BCUT2D eigenvalue weighted by molar-refractivity contribution is -0.119. The van der Waals surface area contributed by atoms with Crippen molar-refractivity contribution >= 4 is 22.5 Å². The molecule has 7 heteroatoms. The summed E-state index contributed by atoms with van der Waals surface area (Å²) < 4.78 is 6.66. The van der Waals surface area contributed by atoms with Crippen LogP contribution in [0.25, 0.3) is 22.2 Å². The number of amides is 1. The number of nitrogens with one attached hydrogen (secondary N) is 1. The van der Waals surface area contributed by atoms with Crippen molar-refractivity contribution < 1.29 is 9.53 Å². The summed E-state index contributed by atoms with van der Waals surface area (Å²) in [5.74, 6) is 0.410.